The van der Waals surface area contributed by atoms with Gasteiger partial charge in [-0.25, -0.2) is 0 Å². The second kappa shape index (κ2) is 5.54. The molecule has 1 aromatic rings. The first-order valence-electron chi connectivity index (χ1n) is 6.83. The van der Waals surface area contributed by atoms with Gasteiger partial charge in [0.25, 0.3) is 0 Å². The molecule has 3 nitrogen and oxygen atoms in total. The van der Waals surface area contributed by atoms with Crippen molar-refractivity contribution in [2.45, 2.75) is 50.7 Å². The highest BCUT2D eigenvalue weighted by molar-refractivity contribution is 9.11. The highest BCUT2D eigenvalue weighted by atomic mass is 79.9. The van der Waals surface area contributed by atoms with Gasteiger partial charge in [0.15, 0.2) is 0 Å². The van der Waals surface area contributed by atoms with Crippen molar-refractivity contribution >= 4 is 33.2 Å². The molecule has 0 aliphatic carbocycles. The van der Waals surface area contributed by atoms with Crippen LogP contribution in [0.4, 0.5) is 0 Å². The number of thiophene rings is 1. The Morgan fingerprint density at radius 3 is 2.58 bits per heavy atom. The predicted octanol–water partition coefficient (Wildman–Crippen LogP) is 3.73. The van der Waals surface area contributed by atoms with E-state index in [1.807, 2.05) is 0 Å². The highest BCUT2D eigenvalue weighted by Crippen LogP contribution is 2.41. The summed E-state index contributed by atoms with van der Waals surface area (Å²) in [6.07, 6.45) is 4.97. The van der Waals surface area contributed by atoms with Gasteiger partial charge in [0, 0.05) is 29.9 Å². The first-order valence-corrected chi connectivity index (χ1v) is 8.44. The number of hydrogen-bond donors (Lipinski definition) is 1. The molecule has 0 radical (unpaired) electrons. The van der Waals surface area contributed by atoms with Crippen molar-refractivity contribution in [3.05, 3.63) is 20.8 Å². The van der Waals surface area contributed by atoms with Gasteiger partial charge in [-0.3, -0.25) is 9.69 Å². The summed E-state index contributed by atoms with van der Waals surface area (Å²) >= 11 is 5.32. The molecule has 2 fully saturated rings. The fraction of sp³-hybridized carbons (Fsp3) is 0.643. The summed E-state index contributed by atoms with van der Waals surface area (Å²) in [5.41, 5.74) is 0. The summed E-state index contributed by atoms with van der Waals surface area (Å²) < 4.78 is 1.19. The number of carbonyl (C=O) groups is 1. The van der Waals surface area contributed by atoms with Gasteiger partial charge in [-0.15, -0.1) is 11.3 Å². The standard InChI is InChI=1S/C14H18BrNO2S/c15-13-4-3-12(19-13)8-16-10-1-2-11(16)6-9(5-10)7-14(17)18/h3-4,9-11H,1-2,5-8H2,(H,17,18). The third kappa shape index (κ3) is 3.03. The van der Waals surface area contributed by atoms with E-state index < -0.39 is 5.97 Å². The second-order valence-electron chi connectivity index (χ2n) is 5.70. The van der Waals surface area contributed by atoms with Crippen LogP contribution in [0, 0.1) is 5.92 Å². The Hall–Kier alpha value is -0.390. The molecule has 0 aromatic carbocycles. The number of nitrogens with zero attached hydrogens (tertiary/aromatic N) is 1. The van der Waals surface area contributed by atoms with E-state index in [9.17, 15) is 4.79 Å². The van der Waals surface area contributed by atoms with E-state index in [-0.39, 0.29) is 0 Å². The first-order chi connectivity index (χ1) is 9.11. The van der Waals surface area contributed by atoms with E-state index in [1.165, 1.54) is 21.5 Å². The Morgan fingerprint density at radius 1 is 1.37 bits per heavy atom. The molecule has 0 amide bonds. The van der Waals surface area contributed by atoms with Crippen LogP contribution in [0.5, 0.6) is 0 Å². The monoisotopic (exact) mass is 343 g/mol. The van der Waals surface area contributed by atoms with Gasteiger partial charge in [-0.2, -0.15) is 0 Å². The number of piperidine rings is 1. The summed E-state index contributed by atoms with van der Waals surface area (Å²) in [6, 6.07) is 5.50. The number of aliphatic carboxylic acids is 1. The van der Waals surface area contributed by atoms with Crippen molar-refractivity contribution in [2.24, 2.45) is 5.92 Å². The topological polar surface area (TPSA) is 40.5 Å². The van der Waals surface area contributed by atoms with Crippen LogP contribution in [0.1, 0.15) is 37.0 Å². The average Bonchev–Trinajstić information content (AvgIpc) is 2.82. The molecular weight excluding hydrogens is 326 g/mol. The molecule has 104 valence electrons. The van der Waals surface area contributed by atoms with Gasteiger partial charge in [-0.1, -0.05) is 0 Å². The minimum absolute atomic E-state index is 0.353. The van der Waals surface area contributed by atoms with Gasteiger partial charge < -0.3 is 5.11 Å². The van der Waals surface area contributed by atoms with Gasteiger partial charge in [0.05, 0.1) is 3.79 Å². The van der Waals surface area contributed by atoms with Crippen molar-refractivity contribution in [2.75, 3.05) is 0 Å². The molecule has 1 aromatic heterocycles. The SMILES string of the molecule is O=C(O)CC1CC2CCC(C1)N2Cc1ccc(Br)s1. The molecule has 19 heavy (non-hydrogen) atoms. The molecule has 2 aliphatic heterocycles. The third-order valence-electron chi connectivity index (χ3n) is 4.41. The lowest BCUT2D eigenvalue weighted by atomic mass is 9.88. The third-order valence-corrected chi connectivity index (χ3v) is 6.02. The Bertz CT molecular complexity index is 462. The Morgan fingerprint density at radius 2 is 2.05 bits per heavy atom. The molecule has 0 spiro atoms. The Balaban J connectivity index is 1.64. The molecule has 0 saturated carbocycles. The van der Waals surface area contributed by atoms with E-state index in [4.69, 9.17) is 5.11 Å². The van der Waals surface area contributed by atoms with Crippen LogP contribution in [0.25, 0.3) is 0 Å². The van der Waals surface area contributed by atoms with E-state index in [0.717, 1.165) is 19.4 Å². The van der Waals surface area contributed by atoms with Gasteiger partial charge in [0.1, 0.15) is 0 Å². The number of rotatable bonds is 4. The van der Waals surface area contributed by atoms with E-state index in [1.54, 1.807) is 11.3 Å². The van der Waals surface area contributed by atoms with Gasteiger partial charge >= 0.3 is 5.97 Å². The molecule has 2 unspecified atom stereocenters. The lowest BCUT2D eigenvalue weighted by molar-refractivity contribution is -0.138. The minimum Gasteiger partial charge on any atom is -0.481 e. The molecule has 3 heterocycles. The van der Waals surface area contributed by atoms with Crippen LogP contribution in [-0.2, 0) is 11.3 Å². The predicted molar refractivity (Wildman–Crippen MR) is 79.3 cm³/mol. The van der Waals surface area contributed by atoms with Crippen LogP contribution >= 0.6 is 27.3 Å². The zero-order valence-electron chi connectivity index (χ0n) is 10.7. The molecule has 3 rings (SSSR count). The van der Waals surface area contributed by atoms with Gasteiger partial charge in [0.2, 0.25) is 0 Å². The zero-order valence-corrected chi connectivity index (χ0v) is 13.1. The number of halogens is 1. The summed E-state index contributed by atoms with van der Waals surface area (Å²) in [4.78, 5) is 14.9. The van der Waals surface area contributed by atoms with E-state index >= 15 is 0 Å². The maximum absolute atomic E-state index is 10.9. The number of carboxylic acid groups (broad SMARTS) is 1. The van der Waals surface area contributed by atoms with Crippen LogP contribution < -0.4 is 0 Å². The minimum atomic E-state index is -0.639. The average molecular weight is 344 g/mol. The molecule has 2 saturated heterocycles. The maximum Gasteiger partial charge on any atom is 0.303 e. The fourth-order valence-electron chi connectivity index (χ4n) is 3.68. The number of fused-ring (bicyclic) bond motifs is 2. The number of carboxylic acids is 1. The van der Waals surface area contributed by atoms with Crippen molar-refractivity contribution in [3.63, 3.8) is 0 Å². The van der Waals surface area contributed by atoms with Crippen molar-refractivity contribution in [1.29, 1.82) is 0 Å². The fourth-order valence-corrected chi connectivity index (χ4v) is 5.17. The smallest absolute Gasteiger partial charge is 0.303 e. The molecule has 2 aliphatic rings. The van der Waals surface area contributed by atoms with Crippen LogP contribution in [0.3, 0.4) is 0 Å². The Labute approximate surface area is 125 Å². The molecule has 2 bridgehead atoms. The number of hydrogen-bond acceptors (Lipinski definition) is 3. The molecular formula is C14H18BrNO2S. The lowest BCUT2D eigenvalue weighted by Crippen LogP contribution is -2.42. The summed E-state index contributed by atoms with van der Waals surface area (Å²) in [6.45, 7) is 1.03. The highest BCUT2D eigenvalue weighted by Gasteiger charge is 2.40. The largest absolute Gasteiger partial charge is 0.481 e. The first kappa shape index (κ1) is 13.6. The van der Waals surface area contributed by atoms with Crippen molar-refractivity contribution < 1.29 is 9.90 Å². The maximum atomic E-state index is 10.9. The lowest BCUT2D eigenvalue weighted by Gasteiger charge is -2.38. The van der Waals surface area contributed by atoms with Crippen LogP contribution in [-0.4, -0.2) is 28.1 Å². The zero-order chi connectivity index (χ0) is 13.4. The van der Waals surface area contributed by atoms with Gasteiger partial charge in [-0.05, 0) is 59.7 Å². The summed E-state index contributed by atoms with van der Waals surface area (Å²) in [5, 5.41) is 8.95. The van der Waals surface area contributed by atoms with Crippen molar-refractivity contribution in [3.8, 4) is 0 Å². The second-order valence-corrected chi connectivity index (χ2v) is 8.25. The molecule has 1 N–H and O–H groups in total. The molecule has 2 atom stereocenters. The quantitative estimate of drug-likeness (QED) is 0.905. The van der Waals surface area contributed by atoms with E-state index in [2.05, 4.69) is 33.0 Å². The van der Waals surface area contributed by atoms with Crippen LogP contribution in [0.15, 0.2) is 15.9 Å². The molecule has 5 heteroatoms. The summed E-state index contributed by atoms with van der Waals surface area (Å²) in [5.74, 6) is -0.249. The Kier molecular flexibility index (Phi) is 3.96. The van der Waals surface area contributed by atoms with Crippen molar-refractivity contribution in [1.82, 2.24) is 4.90 Å². The van der Waals surface area contributed by atoms with Crippen LogP contribution in [0.2, 0.25) is 0 Å². The normalized spacial score (nSPS) is 30.7. The summed E-state index contributed by atoms with van der Waals surface area (Å²) in [7, 11) is 0. The van der Waals surface area contributed by atoms with E-state index in [0.29, 0.717) is 24.4 Å².